The van der Waals surface area contributed by atoms with Crippen LogP contribution in [0.25, 0.3) is 11.1 Å². The van der Waals surface area contributed by atoms with Crippen molar-refractivity contribution in [1.29, 1.82) is 0 Å². The molecule has 0 atom stereocenters. The Morgan fingerprint density at radius 1 is 1.20 bits per heavy atom. The molecule has 0 aliphatic rings. The summed E-state index contributed by atoms with van der Waals surface area (Å²) in [6, 6.07) is 8.98. The van der Waals surface area contributed by atoms with E-state index in [1.165, 1.54) is 11.7 Å². The fourth-order valence-electron chi connectivity index (χ4n) is 2.41. The molecule has 0 aliphatic carbocycles. The molecule has 25 heavy (non-hydrogen) atoms. The van der Waals surface area contributed by atoms with E-state index in [0.29, 0.717) is 22.0 Å². The van der Waals surface area contributed by atoms with Crippen LogP contribution in [0.15, 0.2) is 49.1 Å². The molecule has 1 aromatic carbocycles. The summed E-state index contributed by atoms with van der Waals surface area (Å²) >= 11 is 6.03. The Morgan fingerprint density at radius 2 is 2.00 bits per heavy atom. The first-order valence-electron chi connectivity index (χ1n) is 7.24. The Morgan fingerprint density at radius 3 is 2.64 bits per heavy atom. The molecule has 0 N–H and O–H groups in total. The van der Waals surface area contributed by atoms with Crippen molar-refractivity contribution in [2.75, 3.05) is 7.11 Å². The van der Waals surface area contributed by atoms with E-state index < -0.39 is 11.9 Å². The summed E-state index contributed by atoms with van der Waals surface area (Å²) in [5.74, 6) is 0.410. The molecule has 130 valence electrons. The molecule has 0 radical (unpaired) electrons. The molecule has 0 bridgehead atoms. The van der Waals surface area contributed by atoms with Crippen LogP contribution in [0.1, 0.15) is 11.3 Å². The lowest BCUT2D eigenvalue weighted by Gasteiger charge is -2.11. The van der Waals surface area contributed by atoms with Gasteiger partial charge in [0.15, 0.2) is 5.69 Å². The molecule has 0 amide bonds. The van der Waals surface area contributed by atoms with Crippen LogP contribution in [0.4, 0.5) is 13.2 Å². The molecule has 0 spiro atoms. The second-order valence-corrected chi connectivity index (χ2v) is 5.78. The maximum absolute atomic E-state index is 12.6. The molecule has 2 aromatic heterocycles. The van der Waals surface area contributed by atoms with Gasteiger partial charge in [0, 0.05) is 23.0 Å². The van der Waals surface area contributed by atoms with E-state index in [1.807, 2.05) is 12.1 Å². The van der Waals surface area contributed by atoms with Gasteiger partial charge in [0.1, 0.15) is 0 Å². The maximum Gasteiger partial charge on any atom is 0.434 e. The summed E-state index contributed by atoms with van der Waals surface area (Å²) in [4.78, 5) is 7.62. The zero-order valence-corrected chi connectivity index (χ0v) is 13.8. The Balaban J connectivity index is 1.93. The summed E-state index contributed by atoms with van der Waals surface area (Å²) in [6.45, 7) is 0.202. The molecule has 8 heteroatoms. The maximum atomic E-state index is 12.6. The number of benzene rings is 1. The number of nitrogens with zero attached hydrogens (tertiary/aromatic N) is 3. The minimum absolute atomic E-state index is 0.202. The van der Waals surface area contributed by atoms with Gasteiger partial charge in [-0.1, -0.05) is 23.7 Å². The highest BCUT2D eigenvalue weighted by molar-refractivity contribution is 6.30. The third kappa shape index (κ3) is 3.93. The van der Waals surface area contributed by atoms with Crippen molar-refractivity contribution >= 4 is 11.6 Å². The zero-order valence-electron chi connectivity index (χ0n) is 13.1. The fraction of sp³-hybridized carbons (Fsp3) is 0.176. The highest BCUT2D eigenvalue weighted by Gasteiger charge is 2.33. The molecule has 0 saturated carbocycles. The third-order valence-corrected chi connectivity index (χ3v) is 3.76. The Kier molecular flexibility index (Phi) is 4.67. The molecule has 0 fully saturated rings. The number of halogens is 4. The first-order chi connectivity index (χ1) is 11.9. The van der Waals surface area contributed by atoms with Crippen LogP contribution in [0.2, 0.25) is 5.02 Å². The van der Waals surface area contributed by atoms with Crippen molar-refractivity contribution in [3.05, 3.63) is 65.3 Å². The molecule has 0 saturated heterocycles. The molecular weight excluding hydrogens is 355 g/mol. The van der Waals surface area contributed by atoms with E-state index in [-0.39, 0.29) is 6.54 Å². The Hall–Kier alpha value is -2.54. The lowest BCUT2D eigenvalue weighted by molar-refractivity contribution is -0.140. The highest BCUT2D eigenvalue weighted by atomic mass is 35.5. The van der Waals surface area contributed by atoms with Crippen LogP contribution in [-0.2, 0) is 12.7 Å². The van der Waals surface area contributed by atoms with E-state index in [0.717, 1.165) is 18.1 Å². The van der Waals surface area contributed by atoms with Gasteiger partial charge in [-0.2, -0.15) is 13.2 Å². The topological polar surface area (TPSA) is 39.9 Å². The lowest BCUT2D eigenvalue weighted by Crippen LogP contribution is -2.05. The molecular formula is C17H13ClF3N3O. The zero-order chi connectivity index (χ0) is 18.0. The van der Waals surface area contributed by atoms with Crippen molar-refractivity contribution in [2.24, 2.45) is 0 Å². The quantitative estimate of drug-likeness (QED) is 0.672. The summed E-state index contributed by atoms with van der Waals surface area (Å²) < 4.78 is 44.6. The number of rotatable bonds is 4. The second kappa shape index (κ2) is 6.76. The van der Waals surface area contributed by atoms with Crippen molar-refractivity contribution in [3.63, 3.8) is 0 Å². The summed E-state index contributed by atoms with van der Waals surface area (Å²) in [5, 5.41) is 0.564. The predicted octanol–water partition coefficient (Wildman–Crippen LogP) is 4.67. The van der Waals surface area contributed by atoms with Crippen LogP contribution in [0.3, 0.4) is 0 Å². The first-order valence-corrected chi connectivity index (χ1v) is 7.62. The van der Waals surface area contributed by atoms with Crippen molar-refractivity contribution in [3.8, 4) is 17.0 Å². The summed E-state index contributed by atoms with van der Waals surface area (Å²) in [6.07, 6.45) is -0.801. The SMILES string of the molecule is COc1ncc(Cn2cnc(C(F)(F)F)c2)cc1-c1cccc(Cl)c1. The summed E-state index contributed by atoms with van der Waals surface area (Å²) in [7, 11) is 1.50. The van der Waals surface area contributed by atoms with Gasteiger partial charge in [-0.25, -0.2) is 9.97 Å². The average molecular weight is 368 g/mol. The van der Waals surface area contributed by atoms with Gasteiger partial charge in [0.25, 0.3) is 0 Å². The second-order valence-electron chi connectivity index (χ2n) is 5.34. The van der Waals surface area contributed by atoms with Gasteiger partial charge in [0.05, 0.1) is 20.0 Å². The highest BCUT2D eigenvalue weighted by Crippen LogP contribution is 2.31. The van der Waals surface area contributed by atoms with Gasteiger partial charge in [-0.05, 0) is 29.3 Å². The van der Waals surface area contributed by atoms with E-state index in [2.05, 4.69) is 9.97 Å². The fourth-order valence-corrected chi connectivity index (χ4v) is 2.60. The third-order valence-electron chi connectivity index (χ3n) is 3.53. The van der Waals surface area contributed by atoms with Gasteiger partial charge in [-0.3, -0.25) is 0 Å². The number of aromatic nitrogens is 3. The van der Waals surface area contributed by atoms with E-state index in [1.54, 1.807) is 24.4 Å². The van der Waals surface area contributed by atoms with E-state index in [4.69, 9.17) is 16.3 Å². The van der Waals surface area contributed by atoms with Gasteiger partial charge < -0.3 is 9.30 Å². The standard InChI is InChI=1S/C17H13ClF3N3O/c1-25-16-14(12-3-2-4-13(18)6-12)5-11(7-22-16)8-24-9-15(23-10-24)17(19,20)21/h2-7,9-10H,8H2,1H3. The van der Waals surface area contributed by atoms with Crippen LogP contribution < -0.4 is 4.74 Å². The van der Waals surface area contributed by atoms with Crippen LogP contribution >= 0.6 is 11.6 Å². The largest absolute Gasteiger partial charge is 0.481 e. The predicted molar refractivity (Wildman–Crippen MR) is 87.6 cm³/mol. The van der Waals surface area contributed by atoms with Gasteiger partial charge in [-0.15, -0.1) is 0 Å². The van der Waals surface area contributed by atoms with Crippen LogP contribution in [0.5, 0.6) is 5.88 Å². The minimum atomic E-state index is -4.46. The normalized spacial score (nSPS) is 11.6. The molecule has 0 unspecified atom stereocenters. The number of methoxy groups -OCH3 is 1. The smallest absolute Gasteiger partial charge is 0.434 e. The van der Waals surface area contributed by atoms with Crippen molar-refractivity contribution in [2.45, 2.75) is 12.7 Å². The summed E-state index contributed by atoms with van der Waals surface area (Å²) in [5.41, 5.74) is 1.30. The molecule has 0 aliphatic heterocycles. The van der Waals surface area contributed by atoms with E-state index >= 15 is 0 Å². The number of pyridine rings is 1. The first kappa shape index (κ1) is 17.3. The lowest BCUT2D eigenvalue weighted by atomic mass is 10.1. The monoisotopic (exact) mass is 367 g/mol. The number of ether oxygens (including phenoxy) is 1. The molecule has 3 aromatic rings. The average Bonchev–Trinajstić information content (AvgIpc) is 3.03. The Bertz CT molecular complexity index is 893. The van der Waals surface area contributed by atoms with Gasteiger partial charge in [0.2, 0.25) is 5.88 Å². The molecule has 4 nitrogen and oxygen atoms in total. The minimum Gasteiger partial charge on any atom is -0.481 e. The number of alkyl halides is 3. The number of hydrogen-bond acceptors (Lipinski definition) is 3. The number of hydrogen-bond donors (Lipinski definition) is 0. The van der Waals surface area contributed by atoms with Gasteiger partial charge >= 0.3 is 6.18 Å². The molecule has 3 rings (SSSR count). The van der Waals surface area contributed by atoms with Crippen molar-refractivity contribution in [1.82, 2.24) is 14.5 Å². The molecule has 2 heterocycles. The van der Waals surface area contributed by atoms with Crippen LogP contribution in [-0.4, -0.2) is 21.6 Å². The van der Waals surface area contributed by atoms with E-state index in [9.17, 15) is 13.2 Å². The van der Waals surface area contributed by atoms with Crippen molar-refractivity contribution < 1.29 is 17.9 Å². The Labute approximate surface area is 146 Å². The number of imidazole rings is 1. The van der Waals surface area contributed by atoms with Crippen LogP contribution in [0, 0.1) is 0 Å².